The van der Waals surface area contributed by atoms with Gasteiger partial charge in [-0.05, 0) is 23.6 Å². The van der Waals surface area contributed by atoms with Crippen molar-refractivity contribution in [2.24, 2.45) is 0 Å². The topological polar surface area (TPSA) is 21.3 Å². The number of ether oxygens (including phenoxy) is 1. The van der Waals surface area contributed by atoms with E-state index in [1.54, 1.807) is 0 Å². The van der Waals surface area contributed by atoms with Gasteiger partial charge < -0.3 is 10.1 Å². The molecule has 21 heavy (non-hydrogen) atoms. The SMILES string of the molecule is Fc1ccc(CNCC2OCCc3ccccc32)c(F)c1. The normalized spacial score (nSPS) is 17.5. The van der Waals surface area contributed by atoms with Gasteiger partial charge in [0.05, 0.1) is 12.7 Å². The van der Waals surface area contributed by atoms with Gasteiger partial charge in [0.15, 0.2) is 0 Å². The minimum Gasteiger partial charge on any atom is -0.372 e. The fourth-order valence-electron chi connectivity index (χ4n) is 2.65. The third-order valence-electron chi connectivity index (χ3n) is 3.75. The van der Waals surface area contributed by atoms with Gasteiger partial charge in [-0.3, -0.25) is 0 Å². The van der Waals surface area contributed by atoms with Gasteiger partial charge >= 0.3 is 0 Å². The zero-order chi connectivity index (χ0) is 14.7. The molecule has 1 heterocycles. The fraction of sp³-hybridized carbons (Fsp3) is 0.294. The van der Waals surface area contributed by atoms with Gasteiger partial charge in [-0.25, -0.2) is 8.78 Å². The van der Waals surface area contributed by atoms with Crippen LogP contribution in [0.3, 0.4) is 0 Å². The molecule has 3 rings (SSSR count). The van der Waals surface area contributed by atoms with E-state index in [-0.39, 0.29) is 6.10 Å². The lowest BCUT2D eigenvalue weighted by atomic mass is 9.97. The highest BCUT2D eigenvalue weighted by Gasteiger charge is 2.19. The second-order valence-electron chi connectivity index (χ2n) is 5.17. The lowest BCUT2D eigenvalue weighted by Gasteiger charge is -2.26. The summed E-state index contributed by atoms with van der Waals surface area (Å²) >= 11 is 0. The Morgan fingerprint density at radius 3 is 2.86 bits per heavy atom. The molecule has 1 N–H and O–H groups in total. The number of benzene rings is 2. The van der Waals surface area contributed by atoms with E-state index >= 15 is 0 Å². The molecule has 0 radical (unpaired) electrons. The molecule has 2 nitrogen and oxygen atoms in total. The molecule has 2 aromatic rings. The van der Waals surface area contributed by atoms with E-state index < -0.39 is 11.6 Å². The third kappa shape index (κ3) is 3.28. The molecular formula is C17H17F2NO. The molecule has 2 aromatic carbocycles. The minimum absolute atomic E-state index is 0.0153. The Hall–Kier alpha value is -1.78. The van der Waals surface area contributed by atoms with Gasteiger partial charge in [0.1, 0.15) is 11.6 Å². The first-order valence-electron chi connectivity index (χ1n) is 7.08. The number of hydrogen-bond acceptors (Lipinski definition) is 2. The van der Waals surface area contributed by atoms with Crippen LogP contribution in [-0.2, 0) is 17.7 Å². The summed E-state index contributed by atoms with van der Waals surface area (Å²) in [6.45, 7) is 1.66. The smallest absolute Gasteiger partial charge is 0.130 e. The highest BCUT2D eigenvalue weighted by atomic mass is 19.1. The predicted octanol–water partition coefficient (Wildman–Crippen LogP) is 3.37. The Kier molecular flexibility index (Phi) is 4.27. The molecule has 1 unspecified atom stereocenters. The average molecular weight is 289 g/mol. The lowest BCUT2D eigenvalue weighted by molar-refractivity contribution is 0.0423. The van der Waals surface area contributed by atoms with Gasteiger partial charge in [-0.2, -0.15) is 0 Å². The van der Waals surface area contributed by atoms with Crippen LogP contribution < -0.4 is 5.32 Å². The summed E-state index contributed by atoms with van der Waals surface area (Å²) in [5.41, 5.74) is 2.96. The molecule has 4 heteroatoms. The Labute approximate surface area is 122 Å². The predicted molar refractivity (Wildman–Crippen MR) is 76.9 cm³/mol. The van der Waals surface area contributed by atoms with Crippen LogP contribution in [0.2, 0.25) is 0 Å². The second-order valence-corrected chi connectivity index (χ2v) is 5.17. The molecule has 0 saturated heterocycles. The average Bonchev–Trinajstić information content (AvgIpc) is 2.50. The standard InChI is InChI=1S/C17H17F2NO/c18-14-6-5-13(16(19)9-14)10-20-11-17-15-4-2-1-3-12(15)7-8-21-17/h1-6,9,17,20H,7-8,10-11H2. The van der Waals surface area contributed by atoms with Gasteiger partial charge in [0.25, 0.3) is 0 Å². The fourth-order valence-corrected chi connectivity index (χ4v) is 2.65. The van der Waals surface area contributed by atoms with E-state index in [1.165, 1.54) is 23.3 Å². The summed E-state index contributed by atoms with van der Waals surface area (Å²) in [4.78, 5) is 0. The molecule has 0 spiro atoms. The molecule has 0 saturated carbocycles. The van der Waals surface area contributed by atoms with Crippen molar-refractivity contribution in [1.82, 2.24) is 5.32 Å². The summed E-state index contributed by atoms with van der Waals surface area (Å²) in [5.74, 6) is -1.08. The summed E-state index contributed by atoms with van der Waals surface area (Å²) in [6, 6.07) is 11.9. The maximum Gasteiger partial charge on any atom is 0.130 e. The van der Waals surface area contributed by atoms with Crippen LogP contribution in [0.4, 0.5) is 8.78 Å². The Morgan fingerprint density at radius 2 is 2.00 bits per heavy atom. The molecule has 1 aliphatic heterocycles. The molecule has 110 valence electrons. The van der Waals surface area contributed by atoms with Crippen LogP contribution in [-0.4, -0.2) is 13.2 Å². The highest BCUT2D eigenvalue weighted by Crippen LogP contribution is 2.26. The van der Waals surface area contributed by atoms with E-state index in [4.69, 9.17) is 4.74 Å². The van der Waals surface area contributed by atoms with Crippen LogP contribution in [0.15, 0.2) is 42.5 Å². The van der Waals surface area contributed by atoms with E-state index in [2.05, 4.69) is 17.4 Å². The molecule has 0 aliphatic carbocycles. The number of nitrogens with one attached hydrogen (secondary N) is 1. The Balaban J connectivity index is 1.61. The van der Waals surface area contributed by atoms with E-state index in [1.807, 2.05) is 12.1 Å². The minimum atomic E-state index is -0.555. The number of halogens is 2. The van der Waals surface area contributed by atoms with Crippen molar-refractivity contribution < 1.29 is 13.5 Å². The van der Waals surface area contributed by atoms with Crippen LogP contribution in [0.5, 0.6) is 0 Å². The van der Waals surface area contributed by atoms with Crippen molar-refractivity contribution >= 4 is 0 Å². The largest absolute Gasteiger partial charge is 0.372 e. The summed E-state index contributed by atoms with van der Waals surface area (Å²) in [6.07, 6.45) is 0.915. The van der Waals surface area contributed by atoms with Gasteiger partial charge in [0.2, 0.25) is 0 Å². The van der Waals surface area contributed by atoms with Crippen LogP contribution in [0, 0.1) is 11.6 Å². The summed E-state index contributed by atoms with van der Waals surface area (Å²) in [5, 5.41) is 3.19. The monoisotopic (exact) mass is 289 g/mol. The third-order valence-corrected chi connectivity index (χ3v) is 3.75. The molecule has 0 amide bonds. The van der Waals surface area contributed by atoms with Crippen LogP contribution >= 0.6 is 0 Å². The van der Waals surface area contributed by atoms with Crippen molar-refractivity contribution in [3.05, 3.63) is 70.8 Å². The molecule has 0 bridgehead atoms. The number of hydrogen-bond donors (Lipinski definition) is 1. The first-order chi connectivity index (χ1) is 10.2. The first-order valence-corrected chi connectivity index (χ1v) is 7.08. The Morgan fingerprint density at radius 1 is 1.14 bits per heavy atom. The highest BCUT2D eigenvalue weighted by molar-refractivity contribution is 5.31. The zero-order valence-electron chi connectivity index (χ0n) is 11.6. The van der Waals surface area contributed by atoms with Crippen molar-refractivity contribution in [1.29, 1.82) is 0 Å². The zero-order valence-corrected chi connectivity index (χ0v) is 11.6. The Bertz CT molecular complexity index is 630. The lowest BCUT2D eigenvalue weighted by Crippen LogP contribution is -2.27. The number of rotatable bonds is 4. The quantitative estimate of drug-likeness (QED) is 0.932. The van der Waals surface area contributed by atoms with Crippen molar-refractivity contribution in [3.63, 3.8) is 0 Å². The maximum atomic E-state index is 13.5. The number of fused-ring (bicyclic) bond motifs is 1. The van der Waals surface area contributed by atoms with Crippen molar-refractivity contribution in [2.75, 3.05) is 13.2 Å². The van der Waals surface area contributed by atoms with Gasteiger partial charge in [0, 0.05) is 24.7 Å². The van der Waals surface area contributed by atoms with E-state index in [0.29, 0.717) is 25.3 Å². The maximum absolute atomic E-state index is 13.5. The second kappa shape index (κ2) is 6.33. The van der Waals surface area contributed by atoms with E-state index in [0.717, 1.165) is 12.5 Å². The van der Waals surface area contributed by atoms with Gasteiger partial charge in [-0.1, -0.05) is 30.3 Å². The first kappa shape index (κ1) is 14.2. The van der Waals surface area contributed by atoms with E-state index in [9.17, 15) is 8.78 Å². The van der Waals surface area contributed by atoms with Crippen LogP contribution in [0.25, 0.3) is 0 Å². The van der Waals surface area contributed by atoms with Crippen molar-refractivity contribution in [3.8, 4) is 0 Å². The summed E-state index contributed by atoms with van der Waals surface area (Å²) < 4.78 is 32.2. The van der Waals surface area contributed by atoms with Gasteiger partial charge in [-0.15, -0.1) is 0 Å². The molecule has 1 aliphatic rings. The molecule has 0 aromatic heterocycles. The van der Waals surface area contributed by atoms with Crippen LogP contribution in [0.1, 0.15) is 22.8 Å². The molecular weight excluding hydrogens is 272 g/mol. The van der Waals surface area contributed by atoms with Crippen molar-refractivity contribution in [2.45, 2.75) is 19.1 Å². The summed E-state index contributed by atoms with van der Waals surface area (Å²) in [7, 11) is 0. The molecule has 0 fully saturated rings. The molecule has 1 atom stereocenters.